The number of hydrogen-bond acceptors (Lipinski definition) is 4. The van der Waals surface area contributed by atoms with E-state index in [2.05, 4.69) is 10.1 Å². The van der Waals surface area contributed by atoms with Gasteiger partial charge in [-0.3, -0.25) is 10.1 Å². The van der Waals surface area contributed by atoms with Crippen molar-refractivity contribution < 1.29 is 27.5 Å². The van der Waals surface area contributed by atoms with Crippen molar-refractivity contribution in [1.29, 1.82) is 0 Å². The number of carbonyl (C=O) groups is 2. The van der Waals surface area contributed by atoms with E-state index in [0.29, 0.717) is 29.2 Å². The van der Waals surface area contributed by atoms with Crippen LogP contribution in [0.5, 0.6) is 0 Å². The van der Waals surface area contributed by atoms with Crippen molar-refractivity contribution in [2.75, 3.05) is 11.4 Å². The molecule has 2 aromatic carbocycles. The minimum Gasteiger partial charge on any atom is -0.430 e. The van der Waals surface area contributed by atoms with Crippen molar-refractivity contribution in [1.82, 2.24) is 5.32 Å². The number of ether oxygens (including phenoxy) is 1. The third-order valence-corrected chi connectivity index (χ3v) is 5.51. The minimum atomic E-state index is -5.24. The number of anilines is 1. The van der Waals surface area contributed by atoms with Gasteiger partial charge in [-0.25, -0.2) is 4.79 Å². The lowest BCUT2D eigenvalue weighted by Crippen LogP contribution is -2.51. The van der Waals surface area contributed by atoms with Crippen LogP contribution in [0.3, 0.4) is 0 Å². The van der Waals surface area contributed by atoms with Crippen molar-refractivity contribution in [2.24, 2.45) is 0 Å². The van der Waals surface area contributed by atoms with Gasteiger partial charge >= 0.3 is 12.1 Å². The molecule has 0 saturated carbocycles. The van der Waals surface area contributed by atoms with Gasteiger partial charge < -0.3 is 9.64 Å². The van der Waals surface area contributed by atoms with E-state index in [1.54, 1.807) is 12.1 Å². The third-order valence-electron chi connectivity index (χ3n) is 4.78. The summed E-state index contributed by atoms with van der Waals surface area (Å²) in [7, 11) is 0. The van der Waals surface area contributed by atoms with Gasteiger partial charge in [0.1, 0.15) is 0 Å². The van der Waals surface area contributed by atoms with Gasteiger partial charge in [-0.1, -0.05) is 47.0 Å². The highest BCUT2D eigenvalue weighted by Crippen LogP contribution is 2.29. The number of hydrogen-bond donors (Lipinski definition) is 1. The summed E-state index contributed by atoms with van der Waals surface area (Å²) in [4.78, 5) is 25.9. The zero-order chi connectivity index (χ0) is 22.8. The Hall–Kier alpha value is -2.29. The number of amides is 1. The van der Waals surface area contributed by atoms with Crippen LogP contribution in [0.1, 0.15) is 23.1 Å². The predicted molar refractivity (Wildman–Crippen MR) is 111 cm³/mol. The number of rotatable bonds is 5. The summed E-state index contributed by atoms with van der Waals surface area (Å²) >= 11 is 11.8. The molecule has 3 rings (SSSR count). The maximum atomic E-state index is 13.1. The van der Waals surface area contributed by atoms with Gasteiger partial charge in [0.05, 0.1) is 10.0 Å². The van der Waals surface area contributed by atoms with Crippen LogP contribution in [0.4, 0.5) is 18.9 Å². The maximum absolute atomic E-state index is 13.1. The molecule has 31 heavy (non-hydrogen) atoms. The number of fused-ring (bicyclic) bond motifs is 1. The zero-order valence-electron chi connectivity index (χ0n) is 16.4. The van der Waals surface area contributed by atoms with Crippen LogP contribution in [0.2, 0.25) is 10.0 Å². The van der Waals surface area contributed by atoms with Gasteiger partial charge in [-0.05, 0) is 49.1 Å². The molecular weight excluding hydrogens is 456 g/mol. The maximum Gasteiger partial charge on any atom is 0.490 e. The molecule has 1 atom stereocenters. The number of aryl methyl sites for hydroxylation is 2. The monoisotopic (exact) mass is 474 g/mol. The van der Waals surface area contributed by atoms with Crippen LogP contribution in [-0.4, -0.2) is 30.8 Å². The number of esters is 1. The standard InChI is InChI=1S/C21H19Cl2F3N2O3/c1-12-4-7-17-14(9-12)3-2-8-28(17)19(29)18(31-20(30)21(24,25)26)27-11-13-5-6-15(22)16(23)10-13/h4-7,9-10,18,27H,2-3,8,11H2,1H3. The van der Waals surface area contributed by atoms with E-state index in [4.69, 9.17) is 23.2 Å². The SMILES string of the molecule is Cc1ccc2c(c1)CCCN2C(=O)C(NCc1ccc(Cl)c(Cl)c1)OC(=O)C(F)(F)F. The van der Waals surface area contributed by atoms with E-state index in [0.717, 1.165) is 17.5 Å². The van der Waals surface area contributed by atoms with Crippen LogP contribution >= 0.6 is 23.2 Å². The summed E-state index contributed by atoms with van der Waals surface area (Å²) in [6.07, 6.45) is -5.70. The second kappa shape index (κ2) is 9.46. The molecule has 0 fully saturated rings. The Labute approximate surface area is 187 Å². The van der Waals surface area contributed by atoms with Crippen LogP contribution < -0.4 is 10.2 Å². The van der Waals surface area contributed by atoms with E-state index in [1.807, 2.05) is 19.1 Å². The molecule has 2 aromatic rings. The highest BCUT2D eigenvalue weighted by atomic mass is 35.5. The van der Waals surface area contributed by atoms with Gasteiger partial charge in [-0.15, -0.1) is 0 Å². The second-order valence-corrected chi connectivity index (χ2v) is 7.95. The van der Waals surface area contributed by atoms with Crippen LogP contribution in [0, 0.1) is 6.92 Å². The molecule has 1 N–H and O–H groups in total. The molecule has 0 radical (unpaired) electrons. The fourth-order valence-electron chi connectivity index (χ4n) is 3.31. The molecule has 10 heteroatoms. The third kappa shape index (κ3) is 5.70. The first-order valence-electron chi connectivity index (χ1n) is 9.42. The first-order valence-corrected chi connectivity index (χ1v) is 10.2. The topological polar surface area (TPSA) is 58.6 Å². The molecule has 0 aromatic heterocycles. The lowest BCUT2D eigenvalue weighted by molar-refractivity contribution is -0.206. The average molecular weight is 475 g/mol. The fourth-order valence-corrected chi connectivity index (χ4v) is 3.63. The lowest BCUT2D eigenvalue weighted by Gasteiger charge is -2.32. The Morgan fingerprint density at radius 3 is 2.58 bits per heavy atom. The molecule has 1 unspecified atom stereocenters. The Morgan fingerprint density at radius 1 is 1.16 bits per heavy atom. The molecule has 0 bridgehead atoms. The predicted octanol–water partition coefficient (Wildman–Crippen LogP) is 4.80. The second-order valence-electron chi connectivity index (χ2n) is 7.14. The van der Waals surface area contributed by atoms with E-state index in [9.17, 15) is 22.8 Å². The number of alkyl halides is 3. The largest absolute Gasteiger partial charge is 0.490 e. The number of carbonyl (C=O) groups excluding carboxylic acids is 2. The van der Waals surface area contributed by atoms with Crippen molar-refractivity contribution in [3.8, 4) is 0 Å². The summed E-state index contributed by atoms with van der Waals surface area (Å²) in [5.41, 5.74) is 3.05. The molecule has 1 amide bonds. The molecular formula is C21H19Cl2F3N2O3. The van der Waals surface area contributed by atoms with Crippen LogP contribution in [0.15, 0.2) is 36.4 Å². The summed E-state index contributed by atoms with van der Waals surface area (Å²) in [6.45, 7) is 2.13. The number of halogens is 5. The fraction of sp³-hybridized carbons (Fsp3) is 0.333. The average Bonchev–Trinajstić information content (AvgIpc) is 2.71. The molecule has 1 heterocycles. The van der Waals surface area contributed by atoms with Gasteiger partial charge in [0.25, 0.3) is 5.91 Å². The molecule has 5 nitrogen and oxygen atoms in total. The van der Waals surface area contributed by atoms with E-state index in [1.165, 1.54) is 17.0 Å². The molecule has 0 aliphatic carbocycles. The van der Waals surface area contributed by atoms with Crippen LogP contribution in [-0.2, 0) is 27.3 Å². The minimum absolute atomic E-state index is 0.0764. The normalized spacial score (nSPS) is 14.7. The molecule has 1 aliphatic rings. The van der Waals surface area contributed by atoms with Crippen molar-refractivity contribution >= 4 is 40.8 Å². The zero-order valence-corrected chi connectivity index (χ0v) is 17.9. The highest BCUT2D eigenvalue weighted by Gasteiger charge is 2.44. The van der Waals surface area contributed by atoms with Gasteiger partial charge in [-0.2, -0.15) is 13.2 Å². The van der Waals surface area contributed by atoms with Gasteiger partial charge in [0.15, 0.2) is 0 Å². The Kier molecular flexibility index (Phi) is 7.13. The Bertz CT molecular complexity index is 998. The van der Waals surface area contributed by atoms with Gasteiger partial charge in [0, 0.05) is 18.8 Å². The van der Waals surface area contributed by atoms with Crippen molar-refractivity contribution in [3.63, 3.8) is 0 Å². The first-order chi connectivity index (χ1) is 14.6. The number of nitrogens with zero attached hydrogens (tertiary/aromatic N) is 1. The van der Waals surface area contributed by atoms with E-state index >= 15 is 0 Å². The lowest BCUT2D eigenvalue weighted by atomic mass is 9.99. The number of nitrogens with one attached hydrogen (secondary N) is 1. The van der Waals surface area contributed by atoms with Crippen molar-refractivity contribution in [2.45, 2.75) is 38.7 Å². The molecule has 0 spiro atoms. The summed E-state index contributed by atoms with van der Waals surface area (Å²) in [5.74, 6) is -3.24. The molecule has 166 valence electrons. The smallest absolute Gasteiger partial charge is 0.430 e. The van der Waals surface area contributed by atoms with E-state index in [-0.39, 0.29) is 11.6 Å². The number of benzene rings is 2. The summed E-state index contributed by atoms with van der Waals surface area (Å²) in [6, 6.07) is 10.1. The van der Waals surface area contributed by atoms with Crippen molar-refractivity contribution in [3.05, 3.63) is 63.1 Å². The quantitative estimate of drug-likeness (QED) is 0.499. The summed E-state index contributed by atoms with van der Waals surface area (Å²) in [5, 5.41) is 3.14. The molecule has 1 aliphatic heterocycles. The van der Waals surface area contributed by atoms with Crippen LogP contribution in [0.25, 0.3) is 0 Å². The highest BCUT2D eigenvalue weighted by molar-refractivity contribution is 6.42. The van der Waals surface area contributed by atoms with Gasteiger partial charge in [0.2, 0.25) is 6.23 Å². The summed E-state index contributed by atoms with van der Waals surface area (Å²) < 4.78 is 42.9. The Morgan fingerprint density at radius 2 is 1.90 bits per heavy atom. The van der Waals surface area contributed by atoms with E-state index < -0.39 is 24.3 Å². The first kappa shape index (κ1) is 23.4. The molecule has 0 saturated heterocycles. The Balaban J connectivity index is 1.84.